The highest BCUT2D eigenvalue weighted by atomic mass is 16.1. The van der Waals surface area contributed by atoms with Gasteiger partial charge < -0.3 is 9.88 Å². The van der Waals surface area contributed by atoms with Gasteiger partial charge in [-0.25, -0.2) is 4.98 Å². The number of carbonyl (C=O) groups is 1. The number of nitrogens with zero attached hydrogens (tertiary/aromatic N) is 3. The molecule has 2 heterocycles. The maximum absolute atomic E-state index is 12.6. The summed E-state index contributed by atoms with van der Waals surface area (Å²) in [6.07, 6.45) is 5.33. The Kier molecular flexibility index (Phi) is 4.49. The summed E-state index contributed by atoms with van der Waals surface area (Å²) < 4.78 is 1.90. The van der Waals surface area contributed by atoms with E-state index in [-0.39, 0.29) is 5.91 Å². The Morgan fingerprint density at radius 1 is 0.963 bits per heavy atom. The average Bonchev–Trinajstić information content (AvgIpc) is 3.24. The lowest BCUT2D eigenvalue weighted by Gasteiger charge is -2.10. The molecule has 0 atom stereocenters. The number of anilines is 1. The zero-order valence-electron chi connectivity index (χ0n) is 14.8. The van der Waals surface area contributed by atoms with E-state index in [4.69, 9.17) is 0 Å². The predicted octanol–water partition coefficient (Wildman–Crippen LogP) is 4.50. The molecule has 0 bridgehead atoms. The van der Waals surface area contributed by atoms with E-state index in [0.717, 1.165) is 22.6 Å². The molecule has 27 heavy (non-hydrogen) atoms. The number of aromatic nitrogens is 3. The molecule has 4 aromatic rings. The van der Waals surface area contributed by atoms with Crippen LogP contribution in [-0.2, 0) is 0 Å². The molecule has 4 rings (SSSR count). The van der Waals surface area contributed by atoms with Gasteiger partial charge in [0.1, 0.15) is 0 Å². The van der Waals surface area contributed by atoms with Crippen LogP contribution >= 0.6 is 0 Å². The largest absolute Gasteiger partial charge is 0.322 e. The highest BCUT2D eigenvalue weighted by Crippen LogP contribution is 2.20. The number of hydrogen-bond donors (Lipinski definition) is 1. The molecule has 0 saturated carbocycles. The van der Waals surface area contributed by atoms with E-state index in [1.807, 2.05) is 84.4 Å². The van der Waals surface area contributed by atoms with Crippen molar-refractivity contribution in [2.75, 3.05) is 5.32 Å². The number of pyridine rings is 1. The van der Waals surface area contributed by atoms with Gasteiger partial charge in [-0.05, 0) is 43.3 Å². The summed E-state index contributed by atoms with van der Waals surface area (Å²) in [5.74, 6) is -0.171. The molecule has 0 saturated heterocycles. The minimum atomic E-state index is -0.171. The third kappa shape index (κ3) is 3.62. The molecule has 0 radical (unpaired) electrons. The summed E-state index contributed by atoms with van der Waals surface area (Å²) in [7, 11) is 0. The number of benzene rings is 2. The molecule has 5 nitrogen and oxygen atoms in total. The fourth-order valence-electron chi connectivity index (χ4n) is 2.90. The first kappa shape index (κ1) is 16.7. The van der Waals surface area contributed by atoms with Crippen molar-refractivity contribution in [3.05, 3.63) is 96.7 Å². The van der Waals surface area contributed by atoms with Crippen molar-refractivity contribution in [1.29, 1.82) is 0 Å². The molecule has 0 fully saturated rings. The monoisotopic (exact) mass is 354 g/mol. The lowest BCUT2D eigenvalue weighted by molar-refractivity contribution is 0.102. The zero-order chi connectivity index (χ0) is 18.6. The molecule has 0 aliphatic carbocycles. The van der Waals surface area contributed by atoms with Crippen molar-refractivity contribution in [2.45, 2.75) is 6.92 Å². The van der Waals surface area contributed by atoms with Gasteiger partial charge in [-0.3, -0.25) is 9.78 Å². The van der Waals surface area contributed by atoms with Gasteiger partial charge in [-0.1, -0.05) is 30.3 Å². The van der Waals surface area contributed by atoms with Crippen LogP contribution in [0.3, 0.4) is 0 Å². The predicted molar refractivity (Wildman–Crippen MR) is 106 cm³/mol. The van der Waals surface area contributed by atoms with Gasteiger partial charge in [0.05, 0.1) is 23.3 Å². The van der Waals surface area contributed by atoms with Crippen LogP contribution in [0.25, 0.3) is 16.9 Å². The molecular formula is C22H18N4O. The smallest absolute Gasteiger partial charge is 0.257 e. The van der Waals surface area contributed by atoms with Crippen molar-refractivity contribution in [2.24, 2.45) is 0 Å². The van der Waals surface area contributed by atoms with E-state index in [2.05, 4.69) is 15.3 Å². The van der Waals surface area contributed by atoms with Gasteiger partial charge >= 0.3 is 0 Å². The summed E-state index contributed by atoms with van der Waals surface area (Å²) in [6.45, 7) is 1.85. The van der Waals surface area contributed by atoms with E-state index in [9.17, 15) is 4.79 Å². The summed E-state index contributed by atoms with van der Waals surface area (Å²) in [4.78, 5) is 21.2. The van der Waals surface area contributed by atoms with Crippen LogP contribution in [0.15, 0.2) is 85.5 Å². The Hall–Kier alpha value is -3.73. The van der Waals surface area contributed by atoms with Crippen molar-refractivity contribution in [3.63, 3.8) is 0 Å². The fourth-order valence-corrected chi connectivity index (χ4v) is 2.90. The lowest BCUT2D eigenvalue weighted by Crippen LogP contribution is -2.14. The third-order valence-corrected chi connectivity index (χ3v) is 4.33. The van der Waals surface area contributed by atoms with Gasteiger partial charge in [-0.15, -0.1) is 0 Å². The number of carbonyl (C=O) groups excluding carboxylic acids is 1. The van der Waals surface area contributed by atoms with Crippen LogP contribution in [0.2, 0.25) is 0 Å². The van der Waals surface area contributed by atoms with Crippen molar-refractivity contribution < 1.29 is 4.79 Å². The van der Waals surface area contributed by atoms with Crippen LogP contribution in [0, 0.1) is 6.92 Å². The highest BCUT2D eigenvalue weighted by Gasteiger charge is 2.12. The Labute approximate surface area is 157 Å². The Bertz CT molecular complexity index is 1060. The van der Waals surface area contributed by atoms with E-state index < -0.39 is 0 Å². The number of rotatable bonds is 4. The second-order valence-corrected chi connectivity index (χ2v) is 6.17. The van der Waals surface area contributed by atoms with Gasteiger partial charge in [0.15, 0.2) is 0 Å². The molecule has 0 aliphatic rings. The van der Waals surface area contributed by atoms with Crippen LogP contribution in [0.4, 0.5) is 5.69 Å². The molecule has 1 N–H and O–H groups in total. The Balaban J connectivity index is 1.51. The van der Waals surface area contributed by atoms with Crippen molar-refractivity contribution >= 4 is 11.6 Å². The Morgan fingerprint density at radius 2 is 1.74 bits per heavy atom. The SMILES string of the molecule is Cc1nc(-c2ccccc2)ccc1C(=O)Nc1ccc(-n2ccnc2)cc1. The summed E-state index contributed by atoms with van der Waals surface area (Å²) >= 11 is 0. The Morgan fingerprint density at radius 3 is 2.41 bits per heavy atom. The zero-order valence-corrected chi connectivity index (χ0v) is 14.8. The first-order valence-corrected chi connectivity index (χ1v) is 8.63. The molecule has 0 unspecified atom stereocenters. The topological polar surface area (TPSA) is 59.8 Å². The first-order chi connectivity index (χ1) is 13.2. The molecule has 5 heteroatoms. The maximum atomic E-state index is 12.6. The molecule has 0 spiro atoms. The molecule has 132 valence electrons. The number of hydrogen-bond acceptors (Lipinski definition) is 3. The third-order valence-electron chi connectivity index (χ3n) is 4.33. The number of aryl methyl sites for hydroxylation is 1. The molecular weight excluding hydrogens is 336 g/mol. The molecule has 2 aromatic carbocycles. The minimum absolute atomic E-state index is 0.171. The van der Waals surface area contributed by atoms with Crippen molar-refractivity contribution in [1.82, 2.24) is 14.5 Å². The maximum Gasteiger partial charge on any atom is 0.257 e. The fraction of sp³-hybridized carbons (Fsp3) is 0.0455. The van der Waals surface area contributed by atoms with Gasteiger partial charge in [0, 0.05) is 29.3 Å². The van der Waals surface area contributed by atoms with Gasteiger partial charge in [0.2, 0.25) is 0 Å². The van der Waals surface area contributed by atoms with E-state index in [1.54, 1.807) is 12.5 Å². The summed E-state index contributed by atoms with van der Waals surface area (Å²) in [6, 6.07) is 21.2. The minimum Gasteiger partial charge on any atom is -0.322 e. The van der Waals surface area contributed by atoms with Crippen LogP contribution < -0.4 is 5.32 Å². The normalized spacial score (nSPS) is 10.6. The molecule has 2 aromatic heterocycles. The standard InChI is InChI=1S/C22H18N4O/c1-16-20(11-12-21(24-16)17-5-3-2-4-6-17)22(27)25-18-7-9-19(10-8-18)26-14-13-23-15-26/h2-15H,1H3,(H,25,27). The highest BCUT2D eigenvalue weighted by molar-refractivity contribution is 6.05. The van der Waals surface area contributed by atoms with Crippen molar-refractivity contribution in [3.8, 4) is 16.9 Å². The second kappa shape index (κ2) is 7.25. The molecule has 1 amide bonds. The van der Waals surface area contributed by atoms with Crippen LogP contribution in [0.1, 0.15) is 16.1 Å². The number of imidazole rings is 1. The number of nitrogens with one attached hydrogen (secondary N) is 1. The summed E-state index contributed by atoms with van der Waals surface area (Å²) in [5.41, 5.74) is 4.86. The van der Waals surface area contributed by atoms with Crippen LogP contribution in [0.5, 0.6) is 0 Å². The average molecular weight is 354 g/mol. The quantitative estimate of drug-likeness (QED) is 0.587. The van der Waals surface area contributed by atoms with E-state index >= 15 is 0 Å². The second-order valence-electron chi connectivity index (χ2n) is 6.17. The van der Waals surface area contributed by atoms with E-state index in [1.165, 1.54) is 0 Å². The van der Waals surface area contributed by atoms with Crippen LogP contribution in [-0.4, -0.2) is 20.4 Å². The van der Waals surface area contributed by atoms with E-state index in [0.29, 0.717) is 11.3 Å². The van der Waals surface area contributed by atoms with Gasteiger partial charge in [-0.2, -0.15) is 0 Å². The molecule has 0 aliphatic heterocycles. The number of amides is 1. The lowest BCUT2D eigenvalue weighted by atomic mass is 10.1. The summed E-state index contributed by atoms with van der Waals surface area (Å²) in [5, 5.41) is 2.93. The van der Waals surface area contributed by atoms with Gasteiger partial charge in [0.25, 0.3) is 5.91 Å². The first-order valence-electron chi connectivity index (χ1n) is 8.63.